The van der Waals surface area contributed by atoms with Gasteiger partial charge in [0.1, 0.15) is 0 Å². The average Bonchev–Trinajstić information content (AvgIpc) is 2.28. The molecule has 0 saturated carbocycles. The fraction of sp³-hybridized carbons (Fsp3) is 0.923. The van der Waals surface area contributed by atoms with Crippen LogP contribution >= 0.6 is 0 Å². The SMILES string of the molecule is CCO[SiH](CC(C)(NC(=N)N)C(C)(C)CC)OCC. The van der Waals surface area contributed by atoms with Crippen LogP contribution in [0.15, 0.2) is 0 Å². The molecule has 0 aliphatic heterocycles. The summed E-state index contributed by atoms with van der Waals surface area (Å²) in [5, 5.41) is 10.7. The molecule has 0 rings (SSSR count). The molecule has 6 heteroatoms. The summed E-state index contributed by atoms with van der Waals surface area (Å²) in [6.45, 7) is 13.9. The maximum atomic E-state index is 7.55. The molecule has 0 saturated heterocycles. The van der Waals surface area contributed by atoms with Gasteiger partial charge >= 0.3 is 9.28 Å². The zero-order valence-electron chi connectivity index (χ0n) is 13.3. The minimum atomic E-state index is -1.75. The van der Waals surface area contributed by atoms with Crippen LogP contribution in [0.3, 0.4) is 0 Å². The van der Waals surface area contributed by atoms with Crippen LogP contribution in [0, 0.1) is 10.8 Å². The molecule has 1 atom stereocenters. The first-order valence-corrected chi connectivity index (χ1v) is 8.83. The van der Waals surface area contributed by atoms with Gasteiger partial charge in [-0.15, -0.1) is 0 Å². The molecule has 0 aromatic rings. The van der Waals surface area contributed by atoms with E-state index in [4.69, 9.17) is 20.0 Å². The van der Waals surface area contributed by atoms with Crippen LogP contribution in [0.4, 0.5) is 0 Å². The Hall–Kier alpha value is -0.593. The molecule has 0 fully saturated rings. The van der Waals surface area contributed by atoms with Crippen LogP contribution < -0.4 is 11.1 Å². The lowest BCUT2D eigenvalue weighted by Gasteiger charge is -2.45. The molecule has 0 bridgehead atoms. The van der Waals surface area contributed by atoms with Gasteiger partial charge < -0.3 is 19.9 Å². The van der Waals surface area contributed by atoms with E-state index in [9.17, 15) is 0 Å². The zero-order chi connectivity index (χ0) is 15.1. The molecule has 0 aromatic heterocycles. The van der Waals surface area contributed by atoms with Crippen molar-refractivity contribution in [2.75, 3.05) is 13.2 Å². The van der Waals surface area contributed by atoms with Gasteiger partial charge in [-0.05, 0) is 32.6 Å². The predicted octanol–water partition coefficient (Wildman–Crippen LogP) is 1.96. The van der Waals surface area contributed by atoms with E-state index in [-0.39, 0.29) is 16.9 Å². The maximum Gasteiger partial charge on any atom is 0.323 e. The number of nitrogens with one attached hydrogen (secondary N) is 2. The Bertz CT molecular complexity index is 281. The second-order valence-electron chi connectivity index (χ2n) is 5.65. The molecule has 0 radical (unpaired) electrons. The molecular formula is C13H31N3O2Si. The zero-order valence-corrected chi connectivity index (χ0v) is 14.5. The Labute approximate surface area is 119 Å². The van der Waals surface area contributed by atoms with Gasteiger partial charge in [0.2, 0.25) is 0 Å². The van der Waals surface area contributed by atoms with Crippen molar-refractivity contribution in [3.8, 4) is 0 Å². The van der Waals surface area contributed by atoms with Gasteiger partial charge in [0.15, 0.2) is 5.96 Å². The maximum absolute atomic E-state index is 7.55. The molecule has 19 heavy (non-hydrogen) atoms. The van der Waals surface area contributed by atoms with Crippen molar-refractivity contribution in [3.63, 3.8) is 0 Å². The summed E-state index contributed by atoms with van der Waals surface area (Å²) < 4.78 is 11.5. The van der Waals surface area contributed by atoms with E-state index in [1.165, 1.54) is 0 Å². The van der Waals surface area contributed by atoms with Gasteiger partial charge in [-0.25, -0.2) is 0 Å². The van der Waals surface area contributed by atoms with Crippen LogP contribution in [0.1, 0.15) is 48.0 Å². The molecule has 0 aliphatic carbocycles. The summed E-state index contributed by atoms with van der Waals surface area (Å²) in [6, 6.07) is 0.787. The number of hydrogen-bond acceptors (Lipinski definition) is 3. The second kappa shape index (κ2) is 7.87. The fourth-order valence-electron chi connectivity index (χ4n) is 2.05. The monoisotopic (exact) mass is 289 g/mol. The Morgan fingerprint density at radius 2 is 1.63 bits per heavy atom. The topological polar surface area (TPSA) is 80.4 Å². The Balaban J connectivity index is 5.07. The summed E-state index contributed by atoms with van der Waals surface area (Å²) >= 11 is 0. The third-order valence-corrected chi connectivity index (χ3v) is 6.63. The van der Waals surface area contributed by atoms with Crippen LogP contribution in [0.25, 0.3) is 0 Å². The first-order chi connectivity index (χ1) is 8.72. The van der Waals surface area contributed by atoms with E-state index in [1.54, 1.807) is 0 Å². The van der Waals surface area contributed by atoms with E-state index in [0.717, 1.165) is 12.5 Å². The highest BCUT2D eigenvalue weighted by Crippen LogP contribution is 2.38. The van der Waals surface area contributed by atoms with Gasteiger partial charge in [-0.3, -0.25) is 5.41 Å². The van der Waals surface area contributed by atoms with Crippen molar-refractivity contribution in [3.05, 3.63) is 0 Å². The van der Waals surface area contributed by atoms with Crippen molar-refractivity contribution in [2.24, 2.45) is 11.1 Å². The fourth-order valence-corrected chi connectivity index (χ4v) is 4.45. The van der Waals surface area contributed by atoms with Gasteiger partial charge in [0.25, 0.3) is 0 Å². The molecule has 0 heterocycles. The Morgan fingerprint density at radius 1 is 1.16 bits per heavy atom. The van der Waals surface area contributed by atoms with E-state index >= 15 is 0 Å². The summed E-state index contributed by atoms with van der Waals surface area (Å²) in [6.07, 6.45) is 0.989. The molecule has 5 nitrogen and oxygen atoms in total. The minimum Gasteiger partial charge on any atom is -0.397 e. The lowest BCUT2D eigenvalue weighted by Crippen LogP contribution is -2.59. The van der Waals surface area contributed by atoms with Gasteiger partial charge in [-0.1, -0.05) is 20.8 Å². The minimum absolute atomic E-state index is 0.00186. The number of hydrogen-bond donors (Lipinski definition) is 3. The number of rotatable bonds is 9. The van der Waals surface area contributed by atoms with E-state index < -0.39 is 9.28 Å². The molecule has 114 valence electrons. The first-order valence-electron chi connectivity index (χ1n) is 7.07. The van der Waals surface area contributed by atoms with Gasteiger partial charge in [0.05, 0.1) is 0 Å². The molecule has 4 N–H and O–H groups in total. The van der Waals surface area contributed by atoms with Crippen molar-refractivity contribution in [2.45, 2.75) is 59.5 Å². The Morgan fingerprint density at radius 3 is 1.95 bits per heavy atom. The van der Waals surface area contributed by atoms with Crippen LogP contribution in [-0.2, 0) is 8.85 Å². The molecule has 0 spiro atoms. The van der Waals surface area contributed by atoms with E-state index in [0.29, 0.717) is 13.2 Å². The van der Waals surface area contributed by atoms with Crippen molar-refractivity contribution < 1.29 is 8.85 Å². The highest BCUT2D eigenvalue weighted by molar-refractivity contribution is 6.44. The molecule has 0 aromatic carbocycles. The summed E-state index contributed by atoms with van der Waals surface area (Å²) in [5.74, 6) is 0.00442. The van der Waals surface area contributed by atoms with Gasteiger partial charge in [-0.2, -0.15) is 0 Å². The van der Waals surface area contributed by atoms with E-state index in [2.05, 4.69) is 33.0 Å². The smallest absolute Gasteiger partial charge is 0.323 e. The van der Waals surface area contributed by atoms with Crippen LogP contribution in [0.5, 0.6) is 0 Å². The summed E-state index contributed by atoms with van der Waals surface area (Å²) in [7, 11) is -1.75. The Kier molecular flexibility index (Phi) is 7.62. The standard InChI is InChI=1S/C13H31N3O2Si/c1-7-12(4,5)13(6,16-11(14)15)10-19(17-8-2)18-9-3/h19H,7-10H2,1-6H3,(H4,14,15,16). The normalized spacial score (nSPS) is 15.3. The third-order valence-electron chi connectivity index (χ3n) is 4.07. The predicted molar refractivity (Wildman–Crippen MR) is 82.7 cm³/mol. The highest BCUT2D eigenvalue weighted by atomic mass is 28.3. The molecule has 0 amide bonds. The van der Waals surface area contributed by atoms with Gasteiger partial charge in [0, 0.05) is 24.8 Å². The van der Waals surface area contributed by atoms with E-state index in [1.807, 2.05) is 13.8 Å². The third kappa shape index (κ3) is 5.50. The summed E-state index contributed by atoms with van der Waals surface area (Å²) in [5.41, 5.74) is 5.26. The number of guanidine groups is 1. The lowest BCUT2D eigenvalue weighted by atomic mass is 9.72. The number of nitrogens with two attached hydrogens (primary N) is 1. The largest absolute Gasteiger partial charge is 0.397 e. The summed E-state index contributed by atoms with van der Waals surface area (Å²) in [4.78, 5) is 0. The molecule has 0 aliphatic rings. The van der Waals surface area contributed by atoms with Crippen LogP contribution in [-0.4, -0.2) is 34.0 Å². The molecule has 1 unspecified atom stereocenters. The quantitative estimate of drug-likeness (QED) is 0.344. The second-order valence-corrected chi connectivity index (χ2v) is 7.59. The molecular weight excluding hydrogens is 258 g/mol. The highest BCUT2D eigenvalue weighted by Gasteiger charge is 2.43. The van der Waals surface area contributed by atoms with Crippen molar-refractivity contribution in [1.29, 1.82) is 5.41 Å². The van der Waals surface area contributed by atoms with Crippen molar-refractivity contribution in [1.82, 2.24) is 5.32 Å². The first kappa shape index (κ1) is 18.4. The average molecular weight is 289 g/mol. The lowest BCUT2D eigenvalue weighted by molar-refractivity contribution is 0.143. The van der Waals surface area contributed by atoms with Crippen LogP contribution in [0.2, 0.25) is 6.04 Å². The van der Waals surface area contributed by atoms with Crippen molar-refractivity contribution >= 4 is 15.2 Å².